The number of rotatable bonds is 6. The molecule has 0 spiro atoms. The van der Waals surface area contributed by atoms with Crippen molar-refractivity contribution >= 4 is 9.84 Å². The summed E-state index contributed by atoms with van der Waals surface area (Å²) in [6, 6.07) is 8.32. The van der Waals surface area contributed by atoms with E-state index in [1.807, 2.05) is 13.1 Å². The zero-order valence-corrected chi connectivity index (χ0v) is 12.2. The molecule has 0 aliphatic carbocycles. The lowest BCUT2D eigenvalue weighted by atomic mass is 10.3. The fraction of sp³-hybridized carbons (Fsp3) is 0.286. The molecule has 0 saturated heterocycles. The SMILES string of the molecule is CNCc1coc(COc2cccc(S(C)(=O)=O)c2)c1. The molecule has 0 radical (unpaired) electrons. The first-order valence-corrected chi connectivity index (χ1v) is 8.02. The molecule has 1 N–H and O–H groups in total. The highest BCUT2D eigenvalue weighted by atomic mass is 32.2. The number of benzene rings is 1. The molecule has 6 heteroatoms. The van der Waals surface area contributed by atoms with Crippen LogP contribution in [0.25, 0.3) is 0 Å². The molecular formula is C14H17NO4S. The van der Waals surface area contributed by atoms with Gasteiger partial charge in [-0.05, 0) is 31.3 Å². The second-order valence-corrected chi connectivity index (χ2v) is 6.50. The highest BCUT2D eigenvalue weighted by Crippen LogP contribution is 2.19. The Morgan fingerprint density at radius 2 is 2.10 bits per heavy atom. The molecule has 0 aliphatic heterocycles. The summed E-state index contributed by atoms with van der Waals surface area (Å²) >= 11 is 0. The summed E-state index contributed by atoms with van der Waals surface area (Å²) in [5, 5.41) is 3.03. The van der Waals surface area contributed by atoms with Gasteiger partial charge in [0.05, 0.1) is 11.2 Å². The first-order valence-electron chi connectivity index (χ1n) is 6.13. The summed E-state index contributed by atoms with van der Waals surface area (Å²) in [4.78, 5) is 0.241. The van der Waals surface area contributed by atoms with Crippen LogP contribution in [0.1, 0.15) is 11.3 Å². The number of hydrogen-bond donors (Lipinski definition) is 1. The Morgan fingerprint density at radius 3 is 2.80 bits per heavy atom. The van der Waals surface area contributed by atoms with Crippen LogP contribution >= 0.6 is 0 Å². The quantitative estimate of drug-likeness (QED) is 0.882. The van der Waals surface area contributed by atoms with Gasteiger partial charge in [-0.3, -0.25) is 0 Å². The Balaban J connectivity index is 2.03. The summed E-state index contributed by atoms with van der Waals surface area (Å²) in [5.74, 6) is 1.19. The number of nitrogens with one attached hydrogen (secondary N) is 1. The van der Waals surface area contributed by atoms with Crippen LogP contribution in [0.5, 0.6) is 5.75 Å². The van der Waals surface area contributed by atoms with Gasteiger partial charge in [0.1, 0.15) is 18.1 Å². The lowest BCUT2D eigenvalue weighted by Gasteiger charge is -2.05. The predicted molar refractivity (Wildman–Crippen MR) is 75.4 cm³/mol. The van der Waals surface area contributed by atoms with Gasteiger partial charge in [0.25, 0.3) is 0 Å². The first-order chi connectivity index (χ1) is 9.49. The van der Waals surface area contributed by atoms with Gasteiger partial charge in [-0.25, -0.2) is 8.42 Å². The van der Waals surface area contributed by atoms with Crippen molar-refractivity contribution in [2.45, 2.75) is 18.0 Å². The third-order valence-corrected chi connectivity index (χ3v) is 3.81. The van der Waals surface area contributed by atoms with Crippen molar-refractivity contribution < 1.29 is 17.6 Å². The summed E-state index contributed by atoms with van der Waals surface area (Å²) in [6.45, 7) is 0.990. The molecule has 0 bridgehead atoms. The molecule has 0 saturated carbocycles. The van der Waals surface area contributed by atoms with Crippen molar-refractivity contribution in [3.8, 4) is 5.75 Å². The molecule has 20 heavy (non-hydrogen) atoms. The van der Waals surface area contributed by atoms with Gasteiger partial charge >= 0.3 is 0 Å². The maximum atomic E-state index is 11.5. The van der Waals surface area contributed by atoms with Crippen LogP contribution in [0.4, 0.5) is 0 Å². The molecule has 0 fully saturated rings. The van der Waals surface area contributed by atoms with E-state index >= 15 is 0 Å². The third kappa shape index (κ3) is 3.85. The Hall–Kier alpha value is -1.79. The van der Waals surface area contributed by atoms with E-state index in [1.165, 1.54) is 12.3 Å². The van der Waals surface area contributed by atoms with Crippen LogP contribution in [0, 0.1) is 0 Å². The topological polar surface area (TPSA) is 68.5 Å². The van der Waals surface area contributed by atoms with E-state index in [2.05, 4.69) is 5.32 Å². The molecule has 0 atom stereocenters. The minimum Gasteiger partial charge on any atom is -0.486 e. The lowest BCUT2D eigenvalue weighted by molar-refractivity contribution is 0.269. The average Bonchev–Trinajstić information content (AvgIpc) is 2.84. The largest absolute Gasteiger partial charge is 0.486 e. The molecule has 1 heterocycles. The van der Waals surface area contributed by atoms with E-state index in [4.69, 9.17) is 9.15 Å². The molecule has 2 aromatic rings. The number of sulfone groups is 1. The number of furan rings is 1. The highest BCUT2D eigenvalue weighted by molar-refractivity contribution is 7.90. The number of hydrogen-bond acceptors (Lipinski definition) is 5. The van der Waals surface area contributed by atoms with Crippen LogP contribution < -0.4 is 10.1 Å². The maximum Gasteiger partial charge on any atom is 0.175 e. The molecule has 1 aromatic heterocycles. The first kappa shape index (κ1) is 14.6. The Morgan fingerprint density at radius 1 is 1.30 bits per heavy atom. The van der Waals surface area contributed by atoms with E-state index in [0.29, 0.717) is 11.5 Å². The molecule has 0 amide bonds. The Bertz CT molecular complexity index is 676. The molecule has 5 nitrogen and oxygen atoms in total. The van der Waals surface area contributed by atoms with E-state index < -0.39 is 9.84 Å². The van der Waals surface area contributed by atoms with Gasteiger partial charge in [0, 0.05) is 18.4 Å². The minimum atomic E-state index is -3.22. The summed E-state index contributed by atoms with van der Waals surface area (Å²) in [7, 11) is -1.36. The smallest absolute Gasteiger partial charge is 0.175 e. The maximum absolute atomic E-state index is 11.5. The van der Waals surface area contributed by atoms with Crippen LogP contribution in [0.2, 0.25) is 0 Å². The van der Waals surface area contributed by atoms with Crippen LogP contribution in [0.3, 0.4) is 0 Å². The van der Waals surface area contributed by atoms with Gasteiger partial charge in [0.15, 0.2) is 9.84 Å². The molecular weight excluding hydrogens is 278 g/mol. The third-order valence-electron chi connectivity index (χ3n) is 2.70. The van der Waals surface area contributed by atoms with E-state index in [9.17, 15) is 8.42 Å². The monoisotopic (exact) mass is 295 g/mol. The van der Waals surface area contributed by atoms with E-state index in [1.54, 1.807) is 24.5 Å². The highest BCUT2D eigenvalue weighted by Gasteiger charge is 2.08. The number of ether oxygens (including phenoxy) is 1. The Kier molecular flexibility index (Phi) is 4.46. The second kappa shape index (κ2) is 6.11. The second-order valence-electron chi connectivity index (χ2n) is 4.49. The predicted octanol–water partition coefficient (Wildman–Crippen LogP) is 1.98. The summed E-state index contributed by atoms with van der Waals surface area (Å²) < 4.78 is 33.8. The standard InChI is InChI=1S/C14H17NO4S/c1-15-8-11-6-13(18-9-11)10-19-12-4-3-5-14(7-12)20(2,16)17/h3-7,9,15H,8,10H2,1-2H3. The summed E-state index contributed by atoms with van der Waals surface area (Å²) in [6.07, 6.45) is 2.84. The van der Waals surface area contributed by atoms with Crippen LogP contribution in [-0.2, 0) is 23.0 Å². The zero-order chi connectivity index (χ0) is 14.6. The van der Waals surface area contributed by atoms with Crippen molar-refractivity contribution in [1.29, 1.82) is 0 Å². The van der Waals surface area contributed by atoms with Gasteiger partial charge in [-0.1, -0.05) is 6.07 Å². The minimum absolute atomic E-state index is 0.241. The van der Waals surface area contributed by atoms with Gasteiger partial charge in [-0.2, -0.15) is 0 Å². The average molecular weight is 295 g/mol. The van der Waals surface area contributed by atoms with Gasteiger partial charge in [0.2, 0.25) is 0 Å². The molecule has 2 rings (SSSR count). The van der Waals surface area contributed by atoms with Crippen molar-refractivity contribution in [3.05, 3.63) is 47.9 Å². The van der Waals surface area contributed by atoms with Crippen LogP contribution in [-0.4, -0.2) is 21.7 Å². The van der Waals surface area contributed by atoms with Crippen molar-refractivity contribution in [1.82, 2.24) is 5.32 Å². The molecule has 108 valence electrons. The zero-order valence-electron chi connectivity index (χ0n) is 11.4. The van der Waals surface area contributed by atoms with E-state index in [0.717, 1.165) is 12.1 Å². The summed E-state index contributed by atoms with van der Waals surface area (Å²) in [5.41, 5.74) is 1.04. The fourth-order valence-electron chi connectivity index (χ4n) is 1.75. The van der Waals surface area contributed by atoms with E-state index in [-0.39, 0.29) is 11.5 Å². The molecule has 0 unspecified atom stereocenters. The van der Waals surface area contributed by atoms with Crippen molar-refractivity contribution in [2.75, 3.05) is 13.3 Å². The molecule has 0 aliphatic rings. The van der Waals surface area contributed by atoms with Gasteiger partial charge in [-0.15, -0.1) is 0 Å². The van der Waals surface area contributed by atoms with Gasteiger partial charge < -0.3 is 14.5 Å². The van der Waals surface area contributed by atoms with Crippen LogP contribution in [0.15, 0.2) is 45.9 Å². The normalized spacial score (nSPS) is 11.5. The Labute approximate surface area is 118 Å². The fourth-order valence-corrected chi connectivity index (χ4v) is 2.40. The van der Waals surface area contributed by atoms with Crippen molar-refractivity contribution in [3.63, 3.8) is 0 Å². The molecule has 1 aromatic carbocycles. The lowest BCUT2D eigenvalue weighted by Crippen LogP contribution is -2.03. The van der Waals surface area contributed by atoms with Crippen molar-refractivity contribution in [2.24, 2.45) is 0 Å².